The predicted octanol–water partition coefficient (Wildman–Crippen LogP) is 1.90. The SMILES string of the molecule is Cn1cc([C@@H]2CN(C(=O)c3cn(C)c4ccc(F)cc34)C[C@H]2CO)cn1. The number of rotatable bonds is 3. The van der Waals surface area contributed by atoms with E-state index in [0.717, 1.165) is 11.1 Å². The zero-order valence-corrected chi connectivity index (χ0v) is 14.8. The van der Waals surface area contributed by atoms with Gasteiger partial charge in [-0.15, -0.1) is 0 Å². The molecule has 2 aromatic heterocycles. The molecule has 1 fully saturated rings. The number of aryl methyl sites for hydroxylation is 2. The molecule has 1 N–H and O–H groups in total. The van der Waals surface area contributed by atoms with Crippen LogP contribution in [0.4, 0.5) is 4.39 Å². The van der Waals surface area contributed by atoms with Crippen molar-refractivity contribution in [1.29, 1.82) is 0 Å². The summed E-state index contributed by atoms with van der Waals surface area (Å²) >= 11 is 0. The van der Waals surface area contributed by atoms with E-state index >= 15 is 0 Å². The molecule has 0 aliphatic carbocycles. The normalized spacial score (nSPS) is 20.2. The molecule has 1 aliphatic heterocycles. The van der Waals surface area contributed by atoms with Crippen LogP contribution in [-0.4, -0.2) is 50.0 Å². The first-order valence-corrected chi connectivity index (χ1v) is 8.61. The van der Waals surface area contributed by atoms with Crippen molar-refractivity contribution in [3.8, 4) is 0 Å². The Hall–Kier alpha value is -2.67. The van der Waals surface area contributed by atoms with E-state index in [9.17, 15) is 14.3 Å². The van der Waals surface area contributed by atoms with Gasteiger partial charge in [0.1, 0.15) is 5.82 Å². The number of aromatic nitrogens is 3. The van der Waals surface area contributed by atoms with Crippen molar-refractivity contribution < 1.29 is 14.3 Å². The van der Waals surface area contributed by atoms with Gasteiger partial charge >= 0.3 is 0 Å². The summed E-state index contributed by atoms with van der Waals surface area (Å²) in [6, 6.07) is 4.48. The number of nitrogens with zero attached hydrogens (tertiary/aromatic N) is 4. The number of hydrogen-bond donors (Lipinski definition) is 1. The Balaban J connectivity index is 1.66. The summed E-state index contributed by atoms with van der Waals surface area (Å²) in [5.74, 6) is -0.481. The number of likely N-dealkylation sites (tertiary alicyclic amines) is 1. The quantitative estimate of drug-likeness (QED) is 0.780. The van der Waals surface area contributed by atoms with Crippen LogP contribution < -0.4 is 0 Å². The Kier molecular flexibility index (Phi) is 4.03. The molecular weight excluding hydrogens is 335 g/mol. The van der Waals surface area contributed by atoms with E-state index in [1.807, 2.05) is 24.9 Å². The Morgan fingerprint density at radius 2 is 2.12 bits per heavy atom. The monoisotopic (exact) mass is 356 g/mol. The molecule has 1 saturated heterocycles. The summed E-state index contributed by atoms with van der Waals surface area (Å²) in [5, 5.41) is 14.6. The molecule has 1 aromatic carbocycles. The number of hydrogen-bond acceptors (Lipinski definition) is 3. The van der Waals surface area contributed by atoms with Crippen molar-refractivity contribution >= 4 is 16.8 Å². The number of carbonyl (C=O) groups is 1. The van der Waals surface area contributed by atoms with Crippen LogP contribution in [0, 0.1) is 11.7 Å². The van der Waals surface area contributed by atoms with E-state index in [0.29, 0.717) is 24.0 Å². The Bertz CT molecular complexity index is 977. The lowest BCUT2D eigenvalue weighted by Crippen LogP contribution is -2.29. The zero-order chi connectivity index (χ0) is 18.4. The molecule has 4 rings (SSSR count). The lowest BCUT2D eigenvalue weighted by Gasteiger charge is -2.15. The molecule has 0 bridgehead atoms. The first-order valence-electron chi connectivity index (χ1n) is 8.61. The number of aliphatic hydroxyl groups is 1. The number of amides is 1. The van der Waals surface area contributed by atoms with Gasteiger partial charge in [0, 0.05) is 68.9 Å². The molecule has 3 heterocycles. The summed E-state index contributed by atoms with van der Waals surface area (Å²) < 4.78 is 17.2. The highest BCUT2D eigenvalue weighted by atomic mass is 19.1. The lowest BCUT2D eigenvalue weighted by atomic mass is 9.92. The van der Waals surface area contributed by atoms with Crippen LogP contribution in [0.3, 0.4) is 0 Å². The van der Waals surface area contributed by atoms with E-state index < -0.39 is 0 Å². The minimum atomic E-state index is -0.361. The fourth-order valence-electron chi connectivity index (χ4n) is 3.94. The number of benzene rings is 1. The van der Waals surface area contributed by atoms with Crippen LogP contribution in [0.1, 0.15) is 21.8 Å². The molecule has 3 aromatic rings. The molecule has 0 spiro atoms. The zero-order valence-electron chi connectivity index (χ0n) is 14.8. The largest absolute Gasteiger partial charge is 0.396 e. The van der Waals surface area contributed by atoms with Gasteiger partial charge in [0.15, 0.2) is 0 Å². The highest BCUT2D eigenvalue weighted by molar-refractivity contribution is 6.07. The van der Waals surface area contributed by atoms with Gasteiger partial charge in [0.2, 0.25) is 0 Å². The maximum absolute atomic E-state index is 13.7. The minimum Gasteiger partial charge on any atom is -0.396 e. The van der Waals surface area contributed by atoms with Gasteiger partial charge in [-0.05, 0) is 23.8 Å². The average molecular weight is 356 g/mol. The topological polar surface area (TPSA) is 63.3 Å². The third-order valence-corrected chi connectivity index (χ3v) is 5.30. The van der Waals surface area contributed by atoms with E-state index in [1.165, 1.54) is 12.1 Å². The molecule has 1 aliphatic rings. The number of halogens is 1. The first-order chi connectivity index (χ1) is 12.5. The molecule has 2 atom stereocenters. The highest BCUT2D eigenvalue weighted by Crippen LogP contribution is 2.34. The van der Waals surface area contributed by atoms with Crippen LogP contribution in [-0.2, 0) is 14.1 Å². The summed E-state index contributed by atoms with van der Waals surface area (Å²) in [6.45, 7) is 0.996. The van der Waals surface area contributed by atoms with Crippen molar-refractivity contribution in [3.05, 3.63) is 53.7 Å². The first kappa shape index (κ1) is 16.8. The second-order valence-corrected chi connectivity index (χ2v) is 7.02. The maximum Gasteiger partial charge on any atom is 0.256 e. The van der Waals surface area contributed by atoms with Crippen molar-refractivity contribution in [2.24, 2.45) is 20.0 Å². The average Bonchev–Trinajstić information content (AvgIpc) is 3.31. The Morgan fingerprint density at radius 3 is 2.81 bits per heavy atom. The molecule has 0 radical (unpaired) electrons. The lowest BCUT2D eigenvalue weighted by molar-refractivity contribution is 0.0783. The Labute approximate surface area is 150 Å². The van der Waals surface area contributed by atoms with E-state index in [2.05, 4.69) is 5.10 Å². The van der Waals surface area contributed by atoms with E-state index in [1.54, 1.807) is 28.0 Å². The van der Waals surface area contributed by atoms with Gasteiger partial charge in [-0.3, -0.25) is 9.48 Å². The summed E-state index contributed by atoms with van der Waals surface area (Å²) in [6.07, 6.45) is 5.46. The minimum absolute atomic E-state index is 0.00745. The second kappa shape index (κ2) is 6.25. The van der Waals surface area contributed by atoms with E-state index in [4.69, 9.17) is 0 Å². The maximum atomic E-state index is 13.7. The number of aliphatic hydroxyl groups excluding tert-OH is 1. The second-order valence-electron chi connectivity index (χ2n) is 7.02. The highest BCUT2D eigenvalue weighted by Gasteiger charge is 2.37. The predicted molar refractivity (Wildman–Crippen MR) is 95.3 cm³/mol. The van der Waals surface area contributed by atoms with Crippen LogP contribution in [0.2, 0.25) is 0 Å². The van der Waals surface area contributed by atoms with Crippen molar-refractivity contribution in [2.75, 3.05) is 19.7 Å². The van der Waals surface area contributed by atoms with Crippen LogP contribution in [0.5, 0.6) is 0 Å². The third kappa shape index (κ3) is 2.68. The van der Waals surface area contributed by atoms with Gasteiger partial charge in [0.05, 0.1) is 11.8 Å². The summed E-state index contributed by atoms with van der Waals surface area (Å²) in [5.41, 5.74) is 2.33. The summed E-state index contributed by atoms with van der Waals surface area (Å²) in [7, 11) is 3.69. The summed E-state index contributed by atoms with van der Waals surface area (Å²) in [4.78, 5) is 14.9. The van der Waals surface area contributed by atoms with Crippen molar-refractivity contribution in [2.45, 2.75) is 5.92 Å². The van der Waals surface area contributed by atoms with Crippen molar-refractivity contribution in [1.82, 2.24) is 19.2 Å². The van der Waals surface area contributed by atoms with Crippen LogP contribution >= 0.6 is 0 Å². The van der Waals surface area contributed by atoms with Crippen LogP contribution in [0.15, 0.2) is 36.8 Å². The molecule has 26 heavy (non-hydrogen) atoms. The molecular formula is C19H21FN4O2. The molecule has 0 unspecified atom stereocenters. The van der Waals surface area contributed by atoms with Crippen LogP contribution in [0.25, 0.3) is 10.9 Å². The number of carbonyl (C=O) groups excluding carboxylic acids is 1. The number of fused-ring (bicyclic) bond motifs is 1. The molecule has 6 nitrogen and oxygen atoms in total. The van der Waals surface area contributed by atoms with E-state index in [-0.39, 0.29) is 30.2 Å². The van der Waals surface area contributed by atoms with Gasteiger partial charge < -0.3 is 14.6 Å². The van der Waals surface area contributed by atoms with Crippen molar-refractivity contribution in [3.63, 3.8) is 0 Å². The smallest absolute Gasteiger partial charge is 0.256 e. The standard InChI is InChI=1S/C19H21FN4O2/c1-22-9-17(15-5-14(20)3-4-18(15)22)19(26)24-8-13(11-25)16(10-24)12-6-21-23(2)7-12/h3-7,9,13,16,25H,8,10-11H2,1-2H3/t13-,16-/m0/s1. The molecule has 136 valence electrons. The van der Waals surface area contributed by atoms with Gasteiger partial charge in [-0.25, -0.2) is 4.39 Å². The molecule has 0 saturated carbocycles. The third-order valence-electron chi connectivity index (χ3n) is 5.30. The Morgan fingerprint density at radius 1 is 1.31 bits per heavy atom. The molecule has 1 amide bonds. The molecule has 7 heteroatoms. The van der Waals surface area contributed by atoms with Gasteiger partial charge in [0.25, 0.3) is 5.91 Å². The van der Waals surface area contributed by atoms with Gasteiger partial charge in [-0.2, -0.15) is 5.10 Å². The van der Waals surface area contributed by atoms with Gasteiger partial charge in [-0.1, -0.05) is 0 Å². The fraction of sp³-hybridized carbons (Fsp3) is 0.368. The fourth-order valence-corrected chi connectivity index (χ4v) is 3.94.